The lowest BCUT2D eigenvalue weighted by Crippen LogP contribution is -2.17. The van der Waals surface area contributed by atoms with Crippen molar-refractivity contribution in [1.29, 1.82) is 0 Å². The zero-order chi connectivity index (χ0) is 13.8. The van der Waals surface area contributed by atoms with Gasteiger partial charge in [-0.15, -0.1) is 0 Å². The molecule has 0 radical (unpaired) electrons. The molecule has 3 heteroatoms. The Bertz CT molecular complexity index is 529. The van der Waals surface area contributed by atoms with Gasteiger partial charge in [-0.2, -0.15) is 0 Å². The summed E-state index contributed by atoms with van der Waals surface area (Å²) in [4.78, 5) is 0. The summed E-state index contributed by atoms with van der Waals surface area (Å²) in [5.74, 6) is 0.165. The highest BCUT2D eigenvalue weighted by Gasteiger charge is 2.07. The first-order valence-corrected chi connectivity index (χ1v) is 6.36. The summed E-state index contributed by atoms with van der Waals surface area (Å²) in [5, 5.41) is 22.3. The molecule has 0 bridgehead atoms. The van der Waals surface area contributed by atoms with Crippen LogP contribution in [0.5, 0.6) is 11.5 Å². The standard InChI is InChI=1S/C16H19NO2/c1-11-3-5-13(6-4-11)10-17-12(2)14-7-15(18)9-16(19)8-14/h3-9,12,17-19H,10H2,1-2H3. The van der Waals surface area contributed by atoms with Crippen LogP contribution in [0, 0.1) is 6.92 Å². The average Bonchev–Trinajstić information content (AvgIpc) is 2.36. The van der Waals surface area contributed by atoms with E-state index in [2.05, 4.69) is 36.5 Å². The Balaban J connectivity index is 2.00. The second-order valence-electron chi connectivity index (χ2n) is 4.87. The van der Waals surface area contributed by atoms with Crippen molar-refractivity contribution in [1.82, 2.24) is 5.32 Å². The molecule has 0 aromatic heterocycles. The summed E-state index contributed by atoms with van der Waals surface area (Å²) >= 11 is 0. The summed E-state index contributed by atoms with van der Waals surface area (Å²) in [7, 11) is 0. The van der Waals surface area contributed by atoms with E-state index in [9.17, 15) is 10.2 Å². The zero-order valence-corrected chi connectivity index (χ0v) is 11.2. The molecule has 2 aromatic carbocycles. The van der Waals surface area contributed by atoms with E-state index in [1.54, 1.807) is 12.1 Å². The van der Waals surface area contributed by atoms with Crippen molar-refractivity contribution in [3.8, 4) is 11.5 Å². The number of nitrogens with one attached hydrogen (secondary N) is 1. The van der Waals surface area contributed by atoms with Crippen molar-refractivity contribution in [3.63, 3.8) is 0 Å². The first-order valence-electron chi connectivity index (χ1n) is 6.36. The van der Waals surface area contributed by atoms with Crippen molar-refractivity contribution >= 4 is 0 Å². The number of hydrogen-bond acceptors (Lipinski definition) is 3. The summed E-state index contributed by atoms with van der Waals surface area (Å²) < 4.78 is 0. The second-order valence-corrected chi connectivity index (χ2v) is 4.87. The van der Waals surface area contributed by atoms with Crippen molar-refractivity contribution in [2.24, 2.45) is 0 Å². The van der Waals surface area contributed by atoms with Gasteiger partial charge >= 0.3 is 0 Å². The topological polar surface area (TPSA) is 52.5 Å². The van der Waals surface area contributed by atoms with Gasteiger partial charge in [-0.05, 0) is 37.1 Å². The Morgan fingerprint density at radius 1 is 1.00 bits per heavy atom. The van der Waals surface area contributed by atoms with Gasteiger partial charge in [0.25, 0.3) is 0 Å². The van der Waals surface area contributed by atoms with Gasteiger partial charge in [0.1, 0.15) is 11.5 Å². The van der Waals surface area contributed by atoms with E-state index in [1.165, 1.54) is 17.2 Å². The predicted molar refractivity (Wildman–Crippen MR) is 76.2 cm³/mol. The monoisotopic (exact) mass is 257 g/mol. The zero-order valence-electron chi connectivity index (χ0n) is 11.2. The van der Waals surface area contributed by atoms with Gasteiger partial charge in [0.15, 0.2) is 0 Å². The normalized spacial score (nSPS) is 12.3. The number of hydrogen-bond donors (Lipinski definition) is 3. The lowest BCUT2D eigenvalue weighted by atomic mass is 10.1. The van der Waals surface area contributed by atoms with Crippen molar-refractivity contribution in [3.05, 3.63) is 59.2 Å². The first kappa shape index (κ1) is 13.4. The summed E-state index contributed by atoms with van der Waals surface area (Å²) in [6.45, 7) is 4.82. The van der Waals surface area contributed by atoms with Crippen LogP contribution in [-0.2, 0) is 6.54 Å². The molecular formula is C16H19NO2. The number of benzene rings is 2. The fourth-order valence-electron chi connectivity index (χ4n) is 1.96. The first-order chi connectivity index (χ1) is 9.04. The third kappa shape index (κ3) is 3.73. The number of phenols is 2. The molecule has 1 atom stereocenters. The van der Waals surface area contributed by atoms with Gasteiger partial charge in [-0.3, -0.25) is 0 Å². The fraction of sp³-hybridized carbons (Fsp3) is 0.250. The van der Waals surface area contributed by atoms with Gasteiger partial charge in [0.05, 0.1) is 0 Å². The molecule has 0 saturated carbocycles. The number of phenolic OH excluding ortho intramolecular Hbond substituents is 2. The van der Waals surface area contributed by atoms with Crippen molar-refractivity contribution in [2.45, 2.75) is 26.4 Å². The molecule has 0 spiro atoms. The smallest absolute Gasteiger partial charge is 0.119 e. The molecule has 0 aliphatic heterocycles. The van der Waals surface area contributed by atoms with E-state index in [4.69, 9.17) is 0 Å². The molecule has 0 aliphatic carbocycles. The van der Waals surface area contributed by atoms with E-state index in [0.29, 0.717) is 0 Å². The van der Waals surface area contributed by atoms with Gasteiger partial charge in [0.2, 0.25) is 0 Å². The Labute approximate surface area is 113 Å². The Kier molecular flexibility index (Phi) is 4.07. The lowest BCUT2D eigenvalue weighted by molar-refractivity contribution is 0.446. The summed E-state index contributed by atoms with van der Waals surface area (Å²) in [5.41, 5.74) is 3.32. The number of rotatable bonds is 4. The maximum Gasteiger partial charge on any atom is 0.119 e. The highest BCUT2D eigenvalue weighted by molar-refractivity contribution is 5.38. The van der Waals surface area contributed by atoms with Crippen LogP contribution in [0.15, 0.2) is 42.5 Å². The fourth-order valence-corrected chi connectivity index (χ4v) is 1.96. The van der Waals surface area contributed by atoms with Crippen LogP contribution in [0.2, 0.25) is 0 Å². The molecular weight excluding hydrogens is 238 g/mol. The molecule has 0 saturated heterocycles. The molecule has 100 valence electrons. The van der Waals surface area contributed by atoms with Crippen LogP contribution < -0.4 is 5.32 Å². The van der Waals surface area contributed by atoms with Gasteiger partial charge in [-0.1, -0.05) is 29.8 Å². The Hall–Kier alpha value is -2.00. The largest absolute Gasteiger partial charge is 0.508 e. The minimum absolute atomic E-state index is 0.0549. The van der Waals surface area contributed by atoms with Crippen LogP contribution in [0.25, 0.3) is 0 Å². The second kappa shape index (κ2) is 5.76. The molecule has 1 unspecified atom stereocenters. The maximum absolute atomic E-state index is 9.47. The average molecular weight is 257 g/mol. The number of aryl methyl sites for hydroxylation is 1. The van der Waals surface area contributed by atoms with Crippen LogP contribution in [-0.4, -0.2) is 10.2 Å². The molecule has 0 amide bonds. The van der Waals surface area contributed by atoms with Gasteiger partial charge in [-0.25, -0.2) is 0 Å². The molecule has 3 N–H and O–H groups in total. The third-order valence-corrected chi connectivity index (χ3v) is 3.16. The van der Waals surface area contributed by atoms with E-state index < -0.39 is 0 Å². The van der Waals surface area contributed by atoms with E-state index in [0.717, 1.165) is 12.1 Å². The minimum atomic E-state index is 0.0549. The van der Waals surface area contributed by atoms with Gasteiger partial charge in [0, 0.05) is 18.7 Å². The molecule has 2 aromatic rings. The van der Waals surface area contributed by atoms with Crippen LogP contribution >= 0.6 is 0 Å². The van der Waals surface area contributed by atoms with Crippen LogP contribution in [0.1, 0.15) is 29.7 Å². The highest BCUT2D eigenvalue weighted by Crippen LogP contribution is 2.24. The summed E-state index contributed by atoms with van der Waals surface area (Å²) in [6, 6.07) is 13.1. The molecule has 2 rings (SSSR count). The van der Waals surface area contributed by atoms with Gasteiger partial charge < -0.3 is 15.5 Å². The van der Waals surface area contributed by atoms with Crippen molar-refractivity contribution < 1.29 is 10.2 Å². The molecule has 3 nitrogen and oxygen atoms in total. The molecule has 19 heavy (non-hydrogen) atoms. The SMILES string of the molecule is Cc1ccc(CNC(C)c2cc(O)cc(O)c2)cc1. The van der Waals surface area contributed by atoms with Crippen LogP contribution in [0.3, 0.4) is 0 Å². The third-order valence-electron chi connectivity index (χ3n) is 3.16. The lowest BCUT2D eigenvalue weighted by Gasteiger charge is -2.15. The predicted octanol–water partition coefficient (Wildman–Crippen LogP) is 3.26. The Morgan fingerprint density at radius 3 is 2.16 bits per heavy atom. The summed E-state index contributed by atoms with van der Waals surface area (Å²) in [6.07, 6.45) is 0. The van der Waals surface area contributed by atoms with E-state index in [1.807, 2.05) is 6.92 Å². The number of aromatic hydroxyl groups is 2. The maximum atomic E-state index is 9.47. The van der Waals surface area contributed by atoms with E-state index in [-0.39, 0.29) is 17.5 Å². The molecule has 0 aliphatic rings. The van der Waals surface area contributed by atoms with Crippen LogP contribution in [0.4, 0.5) is 0 Å². The quantitative estimate of drug-likeness (QED) is 0.788. The highest BCUT2D eigenvalue weighted by atomic mass is 16.3. The molecule has 0 heterocycles. The minimum Gasteiger partial charge on any atom is -0.508 e. The van der Waals surface area contributed by atoms with Crippen molar-refractivity contribution in [2.75, 3.05) is 0 Å². The van der Waals surface area contributed by atoms with E-state index >= 15 is 0 Å². The molecule has 0 fully saturated rings. The Morgan fingerprint density at radius 2 is 1.58 bits per heavy atom.